The lowest BCUT2D eigenvalue weighted by molar-refractivity contribution is 0.102. The summed E-state index contributed by atoms with van der Waals surface area (Å²) in [6.07, 6.45) is 0.784. The summed E-state index contributed by atoms with van der Waals surface area (Å²) in [4.78, 5) is 12.7. The SMILES string of the molecule is COc1ccccc1-c1n[nH]c(CC(C)C)c1NC(=O)c1ccccc1. The molecule has 0 spiro atoms. The molecule has 5 nitrogen and oxygen atoms in total. The molecule has 1 heterocycles. The van der Waals surface area contributed by atoms with Gasteiger partial charge in [0.1, 0.15) is 11.4 Å². The normalized spacial score (nSPS) is 10.8. The molecule has 0 aliphatic heterocycles. The Kier molecular flexibility index (Phi) is 5.37. The maximum atomic E-state index is 12.7. The molecule has 2 aromatic carbocycles. The summed E-state index contributed by atoms with van der Waals surface area (Å²) in [5, 5.41) is 10.6. The van der Waals surface area contributed by atoms with Crippen LogP contribution in [0, 0.1) is 5.92 Å². The Balaban J connectivity index is 2.03. The molecule has 26 heavy (non-hydrogen) atoms. The van der Waals surface area contributed by atoms with Crippen molar-refractivity contribution in [2.75, 3.05) is 12.4 Å². The van der Waals surface area contributed by atoms with E-state index in [1.165, 1.54) is 0 Å². The highest BCUT2D eigenvalue weighted by atomic mass is 16.5. The molecule has 0 saturated carbocycles. The molecule has 0 aliphatic rings. The Labute approximate surface area is 153 Å². The quantitative estimate of drug-likeness (QED) is 0.687. The van der Waals surface area contributed by atoms with Crippen LogP contribution < -0.4 is 10.1 Å². The first kappa shape index (κ1) is 17.7. The zero-order valence-electron chi connectivity index (χ0n) is 15.2. The average Bonchev–Trinajstić information content (AvgIpc) is 3.03. The number of H-pyrrole nitrogens is 1. The molecule has 5 heteroatoms. The van der Waals surface area contributed by atoms with E-state index in [9.17, 15) is 4.79 Å². The van der Waals surface area contributed by atoms with Crippen LogP contribution >= 0.6 is 0 Å². The van der Waals surface area contributed by atoms with Gasteiger partial charge in [-0.15, -0.1) is 0 Å². The fraction of sp³-hybridized carbons (Fsp3) is 0.238. The van der Waals surface area contributed by atoms with Crippen molar-refractivity contribution in [3.05, 3.63) is 65.9 Å². The van der Waals surface area contributed by atoms with Crippen LogP contribution in [0.3, 0.4) is 0 Å². The van der Waals surface area contributed by atoms with Gasteiger partial charge in [-0.1, -0.05) is 44.2 Å². The Morgan fingerprint density at radius 1 is 1.12 bits per heavy atom. The van der Waals surface area contributed by atoms with Crippen LogP contribution in [0.5, 0.6) is 5.75 Å². The standard InChI is InChI=1S/C21H23N3O2/c1-14(2)13-17-20(22-21(25)15-9-5-4-6-10-15)19(24-23-17)16-11-7-8-12-18(16)26-3/h4-12,14H,13H2,1-3H3,(H,22,25)(H,23,24). The number of nitrogens with zero attached hydrogens (tertiary/aromatic N) is 1. The van der Waals surface area contributed by atoms with Crippen molar-refractivity contribution in [3.8, 4) is 17.0 Å². The Morgan fingerprint density at radius 2 is 1.81 bits per heavy atom. The predicted molar refractivity (Wildman–Crippen MR) is 104 cm³/mol. The molecular weight excluding hydrogens is 326 g/mol. The van der Waals surface area contributed by atoms with E-state index in [1.807, 2.05) is 42.5 Å². The van der Waals surface area contributed by atoms with Crippen molar-refractivity contribution < 1.29 is 9.53 Å². The van der Waals surface area contributed by atoms with Crippen molar-refractivity contribution in [3.63, 3.8) is 0 Å². The van der Waals surface area contributed by atoms with Crippen molar-refractivity contribution in [2.24, 2.45) is 5.92 Å². The maximum absolute atomic E-state index is 12.7. The first-order valence-corrected chi connectivity index (χ1v) is 8.67. The molecule has 0 aliphatic carbocycles. The summed E-state index contributed by atoms with van der Waals surface area (Å²) >= 11 is 0. The lowest BCUT2D eigenvalue weighted by atomic mass is 10.0. The minimum absolute atomic E-state index is 0.159. The van der Waals surface area contributed by atoms with Crippen molar-refractivity contribution in [1.82, 2.24) is 10.2 Å². The van der Waals surface area contributed by atoms with Gasteiger partial charge >= 0.3 is 0 Å². The number of hydrogen-bond acceptors (Lipinski definition) is 3. The van der Waals surface area contributed by atoms with Gasteiger partial charge < -0.3 is 10.1 Å². The van der Waals surface area contributed by atoms with Gasteiger partial charge in [-0.3, -0.25) is 9.89 Å². The summed E-state index contributed by atoms with van der Waals surface area (Å²) in [6, 6.07) is 16.8. The largest absolute Gasteiger partial charge is 0.496 e. The number of rotatable bonds is 6. The lowest BCUT2D eigenvalue weighted by Gasteiger charge is -2.12. The molecule has 134 valence electrons. The molecule has 1 aromatic heterocycles. The number of ether oxygens (including phenoxy) is 1. The fourth-order valence-corrected chi connectivity index (χ4v) is 2.88. The second kappa shape index (κ2) is 7.87. The molecule has 0 radical (unpaired) electrons. The third-order valence-electron chi connectivity index (χ3n) is 4.09. The highest BCUT2D eigenvalue weighted by molar-refractivity contribution is 6.06. The number of anilines is 1. The summed E-state index contributed by atoms with van der Waals surface area (Å²) in [7, 11) is 1.63. The van der Waals surface area contributed by atoms with E-state index in [2.05, 4.69) is 29.4 Å². The summed E-state index contributed by atoms with van der Waals surface area (Å²) < 4.78 is 5.47. The monoisotopic (exact) mass is 349 g/mol. The second-order valence-corrected chi connectivity index (χ2v) is 6.54. The van der Waals surface area contributed by atoms with E-state index in [-0.39, 0.29) is 5.91 Å². The van der Waals surface area contributed by atoms with E-state index in [0.717, 1.165) is 17.7 Å². The molecule has 0 fully saturated rings. The number of carbonyl (C=O) groups excluding carboxylic acids is 1. The third kappa shape index (κ3) is 3.77. The number of methoxy groups -OCH3 is 1. The number of amides is 1. The highest BCUT2D eigenvalue weighted by Gasteiger charge is 2.20. The van der Waals surface area contributed by atoms with E-state index in [0.29, 0.717) is 28.6 Å². The van der Waals surface area contributed by atoms with Gasteiger partial charge in [0.25, 0.3) is 5.91 Å². The van der Waals surface area contributed by atoms with Crippen LogP contribution in [0.15, 0.2) is 54.6 Å². The van der Waals surface area contributed by atoms with E-state index < -0.39 is 0 Å². The summed E-state index contributed by atoms with van der Waals surface area (Å²) in [5.41, 5.74) is 3.74. The predicted octanol–water partition coefficient (Wildman–Crippen LogP) is 4.54. The van der Waals surface area contributed by atoms with Gasteiger partial charge in [-0.05, 0) is 36.6 Å². The van der Waals surface area contributed by atoms with Gasteiger partial charge in [0.05, 0.1) is 18.5 Å². The van der Waals surface area contributed by atoms with Gasteiger partial charge in [-0.2, -0.15) is 5.10 Å². The zero-order valence-corrected chi connectivity index (χ0v) is 15.2. The van der Waals surface area contributed by atoms with Gasteiger partial charge in [-0.25, -0.2) is 0 Å². The molecule has 0 saturated heterocycles. The lowest BCUT2D eigenvalue weighted by Crippen LogP contribution is -2.13. The number of aromatic amines is 1. The van der Waals surface area contributed by atoms with E-state index >= 15 is 0 Å². The van der Waals surface area contributed by atoms with Crippen LogP contribution in [0.4, 0.5) is 5.69 Å². The fourth-order valence-electron chi connectivity index (χ4n) is 2.88. The Morgan fingerprint density at radius 3 is 2.50 bits per heavy atom. The van der Waals surface area contributed by atoms with E-state index in [4.69, 9.17) is 4.74 Å². The smallest absolute Gasteiger partial charge is 0.255 e. The topological polar surface area (TPSA) is 67.0 Å². The van der Waals surface area contributed by atoms with Crippen LogP contribution in [-0.4, -0.2) is 23.2 Å². The van der Waals surface area contributed by atoms with Crippen molar-refractivity contribution >= 4 is 11.6 Å². The summed E-state index contributed by atoms with van der Waals surface area (Å²) in [6.45, 7) is 4.26. The number of nitrogens with one attached hydrogen (secondary N) is 2. The van der Waals surface area contributed by atoms with Crippen LogP contribution in [-0.2, 0) is 6.42 Å². The van der Waals surface area contributed by atoms with Crippen LogP contribution in [0.25, 0.3) is 11.3 Å². The Hall–Kier alpha value is -3.08. The van der Waals surface area contributed by atoms with Crippen molar-refractivity contribution in [2.45, 2.75) is 20.3 Å². The molecule has 3 aromatic rings. The van der Waals surface area contributed by atoms with Crippen molar-refractivity contribution in [1.29, 1.82) is 0 Å². The molecule has 3 rings (SSSR count). The molecule has 0 unspecified atom stereocenters. The number of carbonyl (C=O) groups is 1. The van der Waals surface area contributed by atoms with Crippen LogP contribution in [0.2, 0.25) is 0 Å². The Bertz CT molecular complexity index is 885. The number of para-hydroxylation sites is 1. The summed E-state index contributed by atoms with van der Waals surface area (Å²) in [5.74, 6) is 0.979. The first-order chi connectivity index (χ1) is 12.6. The molecular formula is C21H23N3O2. The van der Waals surface area contributed by atoms with Crippen LogP contribution in [0.1, 0.15) is 29.9 Å². The minimum atomic E-state index is -0.159. The second-order valence-electron chi connectivity index (χ2n) is 6.54. The van der Waals surface area contributed by atoms with Gasteiger partial charge in [0, 0.05) is 11.1 Å². The first-order valence-electron chi connectivity index (χ1n) is 8.67. The zero-order chi connectivity index (χ0) is 18.5. The molecule has 0 atom stereocenters. The minimum Gasteiger partial charge on any atom is -0.496 e. The molecule has 0 bridgehead atoms. The highest BCUT2D eigenvalue weighted by Crippen LogP contribution is 2.36. The maximum Gasteiger partial charge on any atom is 0.255 e. The molecule has 1 amide bonds. The third-order valence-corrected chi connectivity index (χ3v) is 4.09. The number of hydrogen-bond donors (Lipinski definition) is 2. The number of benzene rings is 2. The molecule has 2 N–H and O–H groups in total. The van der Waals surface area contributed by atoms with Gasteiger partial charge in [0.2, 0.25) is 0 Å². The average molecular weight is 349 g/mol. The van der Waals surface area contributed by atoms with Gasteiger partial charge in [0.15, 0.2) is 0 Å². The van der Waals surface area contributed by atoms with E-state index in [1.54, 1.807) is 19.2 Å². The number of aromatic nitrogens is 2.